The number of anilines is 1. The largest absolute Gasteiger partial charge is 0.468 e. The summed E-state index contributed by atoms with van der Waals surface area (Å²) in [5, 5.41) is 8.55. The third-order valence-corrected chi connectivity index (χ3v) is 6.02. The van der Waals surface area contributed by atoms with E-state index >= 15 is 0 Å². The maximum Gasteiger partial charge on any atom is 0.316 e. The van der Waals surface area contributed by atoms with Gasteiger partial charge in [0, 0.05) is 25.8 Å². The summed E-state index contributed by atoms with van der Waals surface area (Å²) < 4.78 is 15.9. The summed E-state index contributed by atoms with van der Waals surface area (Å²) in [5.74, 6) is 0.509. The first kappa shape index (κ1) is 21.8. The van der Waals surface area contributed by atoms with Crippen molar-refractivity contribution in [3.05, 3.63) is 72.4 Å². The van der Waals surface area contributed by atoms with E-state index < -0.39 is 5.41 Å². The first-order valence-corrected chi connectivity index (χ1v) is 10.6. The second kappa shape index (κ2) is 9.78. The molecule has 0 bridgehead atoms. The smallest absolute Gasteiger partial charge is 0.316 e. The minimum absolute atomic E-state index is 0.158. The Bertz CT molecular complexity index is 1050. The highest BCUT2D eigenvalue weighted by molar-refractivity contribution is 5.83. The van der Waals surface area contributed by atoms with Gasteiger partial charge in [-0.25, -0.2) is 0 Å². The van der Waals surface area contributed by atoms with Gasteiger partial charge in [-0.1, -0.05) is 42.5 Å². The van der Waals surface area contributed by atoms with Crippen molar-refractivity contribution in [3.63, 3.8) is 0 Å². The first-order valence-electron chi connectivity index (χ1n) is 10.6. The van der Waals surface area contributed by atoms with Crippen LogP contribution in [0.2, 0.25) is 0 Å². The summed E-state index contributed by atoms with van der Waals surface area (Å²) in [6.07, 6.45) is 3.08. The van der Waals surface area contributed by atoms with E-state index in [4.69, 9.17) is 14.2 Å². The standard InChI is InChI=1S/C25H27N3O4/c1-30-18-32-23-11-7-6-10-21(23)22-16-20(17-26-27-22)28-14-12-25(13-15-28,24(29)31-2)19-8-4-3-5-9-19/h3-11,16-17H,12-15,18H2,1-2H3. The van der Waals surface area contributed by atoms with Crippen molar-refractivity contribution in [2.24, 2.45) is 0 Å². The molecule has 1 fully saturated rings. The van der Waals surface area contributed by atoms with Crippen LogP contribution in [0.3, 0.4) is 0 Å². The quantitative estimate of drug-likeness (QED) is 0.414. The van der Waals surface area contributed by atoms with Crippen LogP contribution in [0.25, 0.3) is 11.3 Å². The number of hydrogen-bond acceptors (Lipinski definition) is 7. The number of rotatable bonds is 7. The zero-order chi connectivity index (χ0) is 22.4. The molecule has 1 aliphatic rings. The van der Waals surface area contributed by atoms with Crippen LogP contribution in [-0.2, 0) is 19.7 Å². The molecular formula is C25H27N3O4. The van der Waals surface area contributed by atoms with Gasteiger partial charge < -0.3 is 19.1 Å². The van der Waals surface area contributed by atoms with Gasteiger partial charge in [0.2, 0.25) is 0 Å². The Kier molecular flexibility index (Phi) is 6.66. The van der Waals surface area contributed by atoms with Crippen molar-refractivity contribution in [2.75, 3.05) is 39.0 Å². The van der Waals surface area contributed by atoms with Gasteiger partial charge in [-0.2, -0.15) is 10.2 Å². The average molecular weight is 434 g/mol. The molecule has 0 aliphatic carbocycles. The average Bonchev–Trinajstić information content (AvgIpc) is 2.87. The van der Waals surface area contributed by atoms with Crippen LogP contribution in [-0.4, -0.2) is 50.3 Å². The van der Waals surface area contributed by atoms with E-state index in [9.17, 15) is 4.79 Å². The van der Waals surface area contributed by atoms with Crippen molar-refractivity contribution in [2.45, 2.75) is 18.3 Å². The normalized spacial score (nSPS) is 15.2. The zero-order valence-corrected chi connectivity index (χ0v) is 18.4. The Morgan fingerprint density at radius 1 is 1.03 bits per heavy atom. The van der Waals surface area contributed by atoms with E-state index in [1.165, 1.54) is 7.11 Å². The predicted octanol–water partition coefficient (Wildman–Crippen LogP) is 3.84. The van der Waals surface area contributed by atoms with E-state index in [-0.39, 0.29) is 12.8 Å². The molecule has 0 spiro atoms. The molecule has 0 amide bonds. The molecule has 0 unspecified atom stereocenters. The fourth-order valence-electron chi connectivity index (χ4n) is 4.30. The molecule has 1 aliphatic heterocycles. The van der Waals surface area contributed by atoms with Crippen LogP contribution in [0.15, 0.2) is 66.9 Å². The lowest BCUT2D eigenvalue weighted by Gasteiger charge is -2.40. The van der Waals surface area contributed by atoms with E-state index in [0.717, 1.165) is 22.5 Å². The number of esters is 1. The molecule has 7 heteroatoms. The van der Waals surface area contributed by atoms with Gasteiger partial charge in [-0.05, 0) is 36.6 Å². The van der Waals surface area contributed by atoms with Crippen LogP contribution < -0.4 is 9.64 Å². The highest BCUT2D eigenvalue weighted by Crippen LogP contribution is 2.38. The lowest BCUT2D eigenvalue weighted by Crippen LogP contribution is -2.48. The number of hydrogen-bond donors (Lipinski definition) is 0. The van der Waals surface area contributed by atoms with Crippen molar-refractivity contribution in [1.29, 1.82) is 0 Å². The Balaban J connectivity index is 1.57. The lowest BCUT2D eigenvalue weighted by molar-refractivity contribution is -0.148. The number of aromatic nitrogens is 2. The highest BCUT2D eigenvalue weighted by Gasteiger charge is 2.44. The fourth-order valence-corrected chi connectivity index (χ4v) is 4.30. The fraction of sp³-hybridized carbons (Fsp3) is 0.320. The molecule has 166 valence electrons. The van der Waals surface area contributed by atoms with Crippen molar-refractivity contribution >= 4 is 11.7 Å². The minimum Gasteiger partial charge on any atom is -0.468 e. The number of ether oxygens (including phenoxy) is 3. The summed E-state index contributed by atoms with van der Waals surface area (Å²) in [7, 11) is 3.05. The monoisotopic (exact) mass is 433 g/mol. The molecule has 1 aromatic heterocycles. The summed E-state index contributed by atoms with van der Waals surface area (Å²) in [5.41, 5.74) is 2.91. The molecule has 2 heterocycles. The van der Waals surface area contributed by atoms with Crippen LogP contribution in [0.5, 0.6) is 5.75 Å². The molecule has 0 atom stereocenters. The number of para-hydroxylation sites is 1. The minimum atomic E-state index is -0.629. The zero-order valence-electron chi connectivity index (χ0n) is 18.4. The molecule has 0 saturated carbocycles. The van der Waals surface area contributed by atoms with Gasteiger partial charge in [0.25, 0.3) is 0 Å². The number of methoxy groups -OCH3 is 2. The molecule has 32 heavy (non-hydrogen) atoms. The summed E-state index contributed by atoms with van der Waals surface area (Å²) in [6.45, 7) is 1.57. The van der Waals surface area contributed by atoms with E-state index in [1.54, 1.807) is 13.3 Å². The Hall–Kier alpha value is -3.45. The summed E-state index contributed by atoms with van der Waals surface area (Å²) in [6, 6.07) is 19.6. The van der Waals surface area contributed by atoms with Gasteiger partial charge in [0.05, 0.1) is 30.1 Å². The highest BCUT2D eigenvalue weighted by atomic mass is 16.7. The topological polar surface area (TPSA) is 73.8 Å². The van der Waals surface area contributed by atoms with Gasteiger partial charge >= 0.3 is 5.97 Å². The first-order chi connectivity index (χ1) is 15.7. The number of piperidine rings is 1. The molecule has 3 aromatic rings. The summed E-state index contributed by atoms with van der Waals surface area (Å²) in [4.78, 5) is 15.0. The van der Waals surface area contributed by atoms with Crippen LogP contribution in [0.1, 0.15) is 18.4 Å². The number of nitrogens with zero attached hydrogens (tertiary/aromatic N) is 3. The molecule has 2 aromatic carbocycles. The van der Waals surface area contributed by atoms with E-state index in [1.807, 2.05) is 60.7 Å². The Morgan fingerprint density at radius 3 is 2.47 bits per heavy atom. The number of benzene rings is 2. The molecule has 4 rings (SSSR count). The van der Waals surface area contributed by atoms with E-state index in [0.29, 0.717) is 31.7 Å². The Morgan fingerprint density at radius 2 is 1.75 bits per heavy atom. The van der Waals surface area contributed by atoms with Crippen molar-refractivity contribution in [3.8, 4) is 17.0 Å². The Labute approximate surface area is 187 Å². The van der Waals surface area contributed by atoms with Crippen molar-refractivity contribution < 1.29 is 19.0 Å². The van der Waals surface area contributed by atoms with Crippen LogP contribution in [0.4, 0.5) is 5.69 Å². The number of carbonyl (C=O) groups excluding carboxylic acids is 1. The lowest BCUT2D eigenvalue weighted by atomic mass is 9.72. The molecular weight excluding hydrogens is 406 g/mol. The van der Waals surface area contributed by atoms with E-state index in [2.05, 4.69) is 15.1 Å². The molecule has 0 radical (unpaired) electrons. The van der Waals surface area contributed by atoms with Crippen LogP contribution >= 0.6 is 0 Å². The van der Waals surface area contributed by atoms with Gasteiger partial charge in [-0.3, -0.25) is 4.79 Å². The van der Waals surface area contributed by atoms with Gasteiger partial charge in [0.15, 0.2) is 6.79 Å². The van der Waals surface area contributed by atoms with Gasteiger partial charge in [0.1, 0.15) is 5.75 Å². The summed E-state index contributed by atoms with van der Waals surface area (Å²) >= 11 is 0. The second-order valence-corrected chi connectivity index (χ2v) is 7.77. The van der Waals surface area contributed by atoms with Crippen LogP contribution in [0, 0.1) is 0 Å². The molecule has 0 N–H and O–H groups in total. The number of carbonyl (C=O) groups is 1. The maximum absolute atomic E-state index is 12.8. The third-order valence-electron chi connectivity index (χ3n) is 6.02. The van der Waals surface area contributed by atoms with Crippen molar-refractivity contribution in [1.82, 2.24) is 10.2 Å². The van der Waals surface area contributed by atoms with Gasteiger partial charge in [-0.15, -0.1) is 0 Å². The molecule has 7 nitrogen and oxygen atoms in total. The molecule has 1 saturated heterocycles. The third kappa shape index (κ3) is 4.29. The maximum atomic E-state index is 12.8. The predicted molar refractivity (Wildman–Crippen MR) is 122 cm³/mol. The SMILES string of the molecule is COCOc1ccccc1-c1cc(N2CCC(C(=O)OC)(c3ccccc3)CC2)cnn1. The second-order valence-electron chi connectivity index (χ2n) is 7.77.